The van der Waals surface area contributed by atoms with Gasteiger partial charge in [0, 0.05) is 43.9 Å². The minimum Gasteiger partial charge on any atom is -0.378 e. The summed E-state index contributed by atoms with van der Waals surface area (Å²) in [5.41, 5.74) is 5.11. The maximum Gasteiger partial charge on any atom is 0.205 e. The van der Waals surface area contributed by atoms with Crippen LogP contribution >= 0.6 is 0 Å². The van der Waals surface area contributed by atoms with E-state index >= 15 is 0 Å². The number of aryl methyl sites for hydroxylation is 2. The fraction of sp³-hybridized carbons (Fsp3) is 0.350. The highest BCUT2D eigenvalue weighted by atomic mass is 15.1. The first kappa shape index (κ1) is 16.3. The summed E-state index contributed by atoms with van der Waals surface area (Å²) in [7, 11) is 4.13. The molecule has 2 nitrogen and oxygen atoms in total. The van der Waals surface area contributed by atoms with Gasteiger partial charge in [0.05, 0.1) is 0 Å². The number of pyridine rings is 1. The molecule has 0 amide bonds. The molecule has 2 aromatic rings. The molecule has 2 rings (SSSR count). The third kappa shape index (κ3) is 4.20. The normalized spacial score (nSPS) is 11.1. The Morgan fingerprint density at radius 1 is 0.955 bits per heavy atom. The van der Waals surface area contributed by atoms with Crippen LogP contribution in [0.25, 0.3) is 12.2 Å². The molecule has 0 fully saturated rings. The first-order valence-electron chi connectivity index (χ1n) is 8.12. The lowest BCUT2D eigenvalue weighted by Crippen LogP contribution is -2.36. The van der Waals surface area contributed by atoms with E-state index in [2.05, 4.69) is 92.2 Å². The van der Waals surface area contributed by atoms with Crippen LogP contribution in [-0.4, -0.2) is 14.1 Å². The molecule has 0 spiro atoms. The monoisotopic (exact) mass is 295 g/mol. The smallest absolute Gasteiger partial charge is 0.205 e. The second-order valence-corrected chi connectivity index (χ2v) is 5.83. The Morgan fingerprint density at radius 2 is 1.68 bits per heavy atom. The topological polar surface area (TPSA) is 7.12 Å². The van der Waals surface area contributed by atoms with Gasteiger partial charge < -0.3 is 4.90 Å². The van der Waals surface area contributed by atoms with E-state index in [9.17, 15) is 0 Å². The van der Waals surface area contributed by atoms with E-state index in [1.165, 1.54) is 22.5 Å². The Labute approximate surface area is 134 Å². The molecule has 0 aliphatic rings. The number of hydrogen-bond donors (Lipinski definition) is 0. The number of nitrogens with zero attached hydrogens (tertiary/aromatic N) is 2. The molecule has 0 aliphatic carbocycles. The first-order valence-corrected chi connectivity index (χ1v) is 8.12. The van der Waals surface area contributed by atoms with Crippen molar-refractivity contribution < 1.29 is 4.57 Å². The third-order valence-electron chi connectivity index (χ3n) is 3.85. The Balaban J connectivity index is 2.21. The highest BCUT2D eigenvalue weighted by Gasteiger charge is 2.07. The molecule has 2 heteroatoms. The fourth-order valence-electron chi connectivity index (χ4n) is 2.47. The second kappa shape index (κ2) is 7.79. The van der Waals surface area contributed by atoms with Gasteiger partial charge >= 0.3 is 0 Å². The SMILES string of the molecule is CCC[n+]1cc(CC)ccc1C=Cc1ccc(N(C)C)cc1. The lowest BCUT2D eigenvalue weighted by atomic mass is 10.1. The predicted molar refractivity (Wildman–Crippen MR) is 96.0 cm³/mol. The van der Waals surface area contributed by atoms with Crippen molar-refractivity contribution in [2.24, 2.45) is 0 Å². The van der Waals surface area contributed by atoms with E-state index in [4.69, 9.17) is 0 Å². The Bertz CT molecular complexity index is 625. The molecule has 0 unspecified atom stereocenters. The van der Waals surface area contributed by atoms with Gasteiger partial charge in [-0.05, 0) is 36.3 Å². The van der Waals surface area contributed by atoms with E-state index in [1.807, 2.05) is 0 Å². The van der Waals surface area contributed by atoms with E-state index < -0.39 is 0 Å². The summed E-state index contributed by atoms with van der Waals surface area (Å²) in [4.78, 5) is 2.12. The number of hydrogen-bond acceptors (Lipinski definition) is 1. The van der Waals surface area contributed by atoms with Crippen LogP contribution in [0.1, 0.15) is 37.1 Å². The van der Waals surface area contributed by atoms with Gasteiger partial charge in [0.25, 0.3) is 0 Å². The number of aromatic nitrogens is 1. The molecule has 0 bridgehead atoms. The highest BCUT2D eigenvalue weighted by Crippen LogP contribution is 2.14. The first-order chi connectivity index (χ1) is 10.6. The quantitative estimate of drug-likeness (QED) is 0.725. The molecule has 0 N–H and O–H groups in total. The van der Waals surface area contributed by atoms with Crippen LogP contribution in [0.15, 0.2) is 42.6 Å². The van der Waals surface area contributed by atoms with Gasteiger partial charge in [-0.25, -0.2) is 0 Å². The zero-order valence-electron chi connectivity index (χ0n) is 14.2. The summed E-state index contributed by atoms with van der Waals surface area (Å²) >= 11 is 0. The van der Waals surface area contributed by atoms with Crippen LogP contribution in [-0.2, 0) is 13.0 Å². The van der Waals surface area contributed by atoms with Crippen molar-refractivity contribution in [1.29, 1.82) is 0 Å². The van der Waals surface area contributed by atoms with Crippen LogP contribution in [0.2, 0.25) is 0 Å². The molecule has 0 saturated carbocycles. The average Bonchev–Trinajstić information content (AvgIpc) is 2.54. The zero-order chi connectivity index (χ0) is 15.9. The molecule has 1 aromatic carbocycles. The zero-order valence-corrected chi connectivity index (χ0v) is 14.2. The van der Waals surface area contributed by atoms with Gasteiger partial charge in [-0.1, -0.05) is 26.0 Å². The van der Waals surface area contributed by atoms with Gasteiger partial charge in [-0.3, -0.25) is 0 Å². The number of anilines is 1. The van der Waals surface area contributed by atoms with Gasteiger partial charge in [-0.2, -0.15) is 4.57 Å². The van der Waals surface area contributed by atoms with Crippen molar-refractivity contribution in [2.45, 2.75) is 33.2 Å². The largest absolute Gasteiger partial charge is 0.378 e. The molecule has 0 aliphatic heterocycles. The average molecular weight is 295 g/mol. The van der Waals surface area contributed by atoms with E-state index in [0.29, 0.717) is 0 Å². The van der Waals surface area contributed by atoms with Gasteiger partial charge in [-0.15, -0.1) is 0 Å². The standard InChI is InChI=1S/C20H27N2/c1-5-15-22-16-17(6-2)7-13-20(22)14-10-18-8-11-19(12-9-18)21(3)4/h7-14,16H,5-6,15H2,1-4H3/q+1. The lowest BCUT2D eigenvalue weighted by molar-refractivity contribution is -0.698. The molecular formula is C20H27N2+. The minimum absolute atomic E-state index is 1.06. The molecule has 0 atom stereocenters. The maximum atomic E-state index is 2.35. The van der Waals surface area contributed by atoms with E-state index in [-0.39, 0.29) is 0 Å². The van der Waals surface area contributed by atoms with Crippen LogP contribution in [0.3, 0.4) is 0 Å². The summed E-state index contributed by atoms with van der Waals surface area (Å²) in [5.74, 6) is 0. The van der Waals surface area contributed by atoms with Crippen molar-refractivity contribution in [3.8, 4) is 0 Å². The molecule has 0 saturated heterocycles. The van der Waals surface area contributed by atoms with Crippen LogP contribution in [0, 0.1) is 0 Å². The molecular weight excluding hydrogens is 268 g/mol. The molecule has 22 heavy (non-hydrogen) atoms. The van der Waals surface area contributed by atoms with Crippen molar-refractivity contribution >= 4 is 17.8 Å². The lowest BCUT2D eigenvalue weighted by Gasteiger charge is -2.11. The Hall–Kier alpha value is -2.09. The number of benzene rings is 1. The van der Waals surface area contributed by atoms with Gasteiger partial charge in [0.1, 0.15) is 6.54 Å². The summed E-state index contributed by atoms with van der Waals surface area (Å²) in [6.45, 7) is 5.49. The highest BCUT2D eigenvalue weighted by molar-refractivity contribution is 5.68. The Kier molecular flexibility index (Phi) is 5.76. The second-order valence-electron chi connectivity index (χ2n) is 5.83. The number of rotatable bonds is 6. The summed E-state index contributed by atoms with van der Waals surface area (Å²) < 4.78 is 2.35. The van der Waals surface area contributed by atoms with Gasteiger partial charge in [0.2, 0.25) is 5.69 Å². The van der Waals surface area contributed by atoms with Gasteiger partial charge in [0.15, 0.2) is 6.20 Å². The Morgan fingerprint density at radius 3 is 2.27 bits per heavy atom. The maximum absolute atomic E-state index is 2.35. The molecule has 0 radical (unpaired) electrons. The fourth-order valence-corrected chi connectivity index (χ4v) is 2.47. The summed E-state index contributed by atoms with van der Waals surface area (Å²) in [5, 5.41) is 0. The molecule has 116 valence electrons. The molecule has 1 heterocycles. The van der Waals surface area contributed by atoms with Crippen LogP contribution in [0.4, 0.5) is 5.69 Å². The summed E-state index contributed by atoms with van der Waals surface area (Å²) in [6, 6.07) is 13.1. The van der Waals surface area contributed by atoms with E-state index in [1.54, 1.807) is 0 Å². The van der Waals surface area contributed by atoms with E-state index in [0.717, 1.165) is 19.4 Å². The van der Waals surface area contributed by atoms with Crippen LogP contribution < -0.4 is 9.47 Å². The van der Waals surface area contributed by atoms with Crippen molar-refractivity contribution in [3.63, 3.8) is 0 Å². The van der Waals surface area contributed by atoms with Crippen LogP contribution in [0.5, 0.6) is 0 Å². The van der Waals surface area contributed by atoms with Crippen molar-refractivity contribution in [2.75, 3.05) is 19.0 Å². The molecule has 1 aromatic heterocycles. The third-order valence-corrected chi connectivity index (χ3v) is 3.85. The van der Waals surface area contributed by atoms with Crippen molar-refractivity contribution in [3.05, 3.63) is 59.4 Å². The van der Waals surface area contributed by atoms with Crippen molar-refractivity contribution in [1.82, 2.24) is 0 Å². The summed E-state index contributed by atoms with van der Waals surface area (Å²) in [6.07, 6.45) is 8.90. The predicted octanol–water partition coefficient (Wildman–Crippen LogP) is 4.18. The minimum atomic E-state index is 1.06.